The van der Waals surface area contributed by atoms with Gasteiger partial charge in [-0.05, 0) is 44.4 Å². The Kier molecular flexibility index (Phi) is 3.61. The molecule has 1 aromatic heterocycles. The number of aryl methyl sites for hydroxylation is 2. The number of nitrogens with zero attached hydrogens (tertiary/aromatic N) is 1. The van der Waals surface area contributed by atoms with Gasteiger partial charge in [-0.15, -0.1) is 0 Å². The van der Waals surface area contributed by atoms with E-state index in [0.29, 0.717) is 11.3 Å². The molecule has 0 radical (unpaired) electrons. The predicted octanol–water partition coefficient (Wildman–Crippen LogP) is 2.82. The van der Waals surface area contributed by atoms with Crippen molar-refractivity contribution >= 4 is 15.7 Å². The molecule has 0 aliphatic rings. The largest absolute Gasteiger partial charge is 0.367 e. The van der Waals surface area contributed by atoms with Crippen LogP contribution in [-0.4, -0.2) is 19.8 Å². The fourth-order valence-electron chi connectivity index (χ4n) is 2.07. The van der Waals surface area contributed by atoms with Crippen LogP contribution in [0.25, 0.3) is 11.1 Å². The van der Waals surface area contributed by atoms with Crippen LogP contribution in [0.1, 0.15) is 30.7 Å². The van der Waals surface area contributed by atoms with E-state index in [0.717, 1.165) is 16.7 Å². The van der Waals surface area contributed by atoms with Gasteiger partial charge in [0.05, 0.1) is 5.56 Å². The van der Waals surface area contributed by atoms with E-state index in [9.17, 15) is 8.42 Å². The van der Waals surface area contributed by atoms with Crippen molar-refractivity contribution in [3.05, 3.63) is 35.0 Å². The molecule has 0 amide bonds. The zero-order valence-electron chi connectivity index (χ0n) is 12.9. The molecular weight excluding hydrogens is 288 g/mol. The molecule has 2 rings (SSSR count). The lowest BCUT2D eigenvalue weighted by Gasteiger charge is -2.21. The molecule has 2 N–H and O–H groups in total. The van der Waals surface area contributed by atoms with Crippen molar-refractivity contribution in [2.45, 2.75) is 32.4 Å². The standard InChI is InChI=1S/C15H20N2O3S/c1-9-6-7-11(8-10(9)2)12-13(17-20-14(12)16)15(3,4)21(5,18)19/h6-8H,16H2,1-5H3. The Morgan fingerprint density at radius 3 is 2.33 bits per heavy atom. The van der Waals surface area contributed by atoms with Crippen molar-refractivity contribution in [2.75, 3.05) is 12.0 Å². The third kappa shape index (κ3) is 2.55. The van der Waals surface area contributed by atoms with E-state index in [1.165, 1.54) is 6.26 Å². The summed E-state index contributed by atoms with van der Waals surface area (Å²) in [5.41, 5.74) is 9.82. The average molecular weight is 308 g/mol. The lowest BCUT2D eigenvalue weighted by Crippen LogP contribution is -2.29. The summed E-state index contributed by atoms with van der Waals surface area (Å²) in [6.45, 7) is 7.20. The number of sulfone groups is 1. The van der Waals surface area contributed by atoms with Crippen LogP contribution in [0, 0.1) is 13.8 Å². The molecule has 5 nitrogen and oxygen atoms in total. The molecule has 0 fully saturated rings. The Bertz CT molecular complexity index is 789. The second-order valence-electron chi connectivity index (χ2n) is 5.85. The quantitative estimate of drug-likeness (QED) is 0.942. The maximum Gasteiger partial charge on any atom is 0.230 e. The Morgan fingerprint density at radius 2 is 1.81 bits per heavy atom. The van der Waals surface area contributed by atoms with Gasteiger partial charge in [0.1, 0.15) is 10.4 Å². The minimum absolute atomic E-state index is 0.130. The smallest absolute Gasteiger partial charge is 0.230 e. The molecule has 0 spiro atoms. The number of hydrogen-bond donors (Lipinski definition) is 1. The highest BCUT2D eigenvalue weighted by atomic mass is 32.2. The number of aromatic nitrogens is 1. The minimum Gasteiger partial charge on any atom is -0.367 e. The zero-order valence-corrected chi connectivity index (χ0v) is 13.7. The first-order valence-electron chi connectivity index (χ1n) is 6.58. The molecule has 1 heterocycles. The van der Waals surface area contributed by atoms with Gasteiger partial charge in [-0.25, -0.2) is 8.42 Å². The van der Waals surface area contributed by atoms with Gasteiger partial charge in [0.25, 0.3) is 0 Å². The number of nitrogen functional groups attached to an aromatic ring is 1. The van der Waals surface area contributed by atoms with Gasteiger partial charge >= 0.3 is 0 Å². The van der Waals surface area contributed by atoms with E-state index in [1.807, 2.05) is 32.0 Å². The van der Waals surface area contributed by atoms with E-state index in [-0.39, 0.29) is 5.88 Å². The van der Waals surface area contributed by atoms with E-state index in [4.69, 9.17) is 10.3 Å². The van der Waals surface area contributed by atoms with Crippen LogP contribution in [0.2, 0.25) is 0 Å². The van der Waals surface area contributed by atoms with Crippen molar-refractivity contribution in [3.8, 4) is 11.1 Å². The van der Waals surface area contributed by atoms with Crippen LogP contribution < -0.4 is 5.73 Å². The summed E-state index contributed by atoms with van der Waals surface area (Å²) < 4.78 is 28.0. The molecule has 0 unspecified atom stereocenters. The Labute approximate surface area is 125 Å². The second kappa shape index (κ2) is 4.87. The van der Waals surface area contributed by atoms with Gasteiger partial charge in [0.15, 0.2) is 9.84 Å². The lowest BCUT2D eigenvalue weighted by molar-refractivity contribution is 0.417. The summed E-state index contributed by atoms with van der Waals surface area (Å²) in [6.07, 6.45) is 1.18. The second-order valence-corrected chi connectivity index (χ2v) is 8.42. The van der Waals surface area contributed by atoms with Gasteiger partial charge in [-0.2, -0.15) is 0 Å². The van der Waals surface area contributed by atoms with Crippen LogP contribution in [0.3, 0.4) is 0 Å². The van der Waals surface area contributed by atoms with Crippen LogP contribution in [-0.2, 0) is 14.6 Å². The van der Waals surface area contributed by atoms with Crippen molar-refractivity contribution in [1.29, 1.82) is 0 Å². The summed E-state index contributed by atoms with van der Waals surface area (Å²) in [6, 6.07) is 5.82. The maximum atomic E-state index is 12.0. The number of nitrogens with two attached hydrogens (primary N) is 1. The van der Waals surface area contributed by atoms with Crippen molar-refractivity contribution in [3.63, 3.8) is 0 Å². The molecule has 21 heavy (non-hydrogen) atoms. The molecular formula is C15H20N2O3S. The van der Waals surface area contributed by atoms with Crippen LogP contribution in [0.15, 0.2) is 22.7 Å². The summed E-state index contributed by atoms with van der Waals surface area (Å²) in [7, 11) is -3.37. The van der Waals surface area contributed by atoms with E-state index >= 15 is 0 Å². The number of hydrogen-bond acceptors (Lipinski definition) is 5. The zero-order chi connectivity index (χ0) is 16.0. The average Bonchev–Trinajstić information content (AvgIpc) is 2.74. The monoisotopic (exact) mass is 308 g/mol. The summed E-state index contributed by atoms with van der Waals surface area (Å²) in [5, 5.41) is 3.90. The first kappa shape index (κ1) is 15.6. The molecule has 0 aliphatic heterocycles. The number of benzene rings is 1. The van der Waals surface area contributed by atoms with E-state index < -0.39 is 14.6 Å². The first-order valence-corrected chi connectivity index (χ1v) is 8.47. The van der Waals surface area contributed by atoms with Gasteiger partial charge in [-0.1, -0.05) is 23.4 Å². The third-order valence-corrected chi connectivity index (χ3v) is 6.06. The fourth-order valence-corrected chi connectivity index (χ4v) is 2.56. The van der Waals surface area contributed by atoms with Crippen molar-refractivity contribution in [1.82, 2.24) is 5.16 Å². The topological polar surface area (TPSA) is 86.2 Å². The lowest BCUT2D eigenvalue weighted by atomic mass is 9.96. The highest BCUT2D eigenvalue weighted by molar-refractivity contribution is 7.91. The molecule has 2 aromatic rings. The van der Waals surface area contributed by atoms with Gasteiger partial charge in [0, 0.05) is 6.26 Å². The molecule has 0 atom stereocenters. The highest BCUT2D eigenvalue weighted by Crippen LogP contribution is 2.39. The van der Waals surface area contributed by atoms with Crippen molar-refractivity contribution < 1.29 is 12.9 Å². The molecule has 0 aliphatic carbocycles. The molecule has 0 bridgehead atoms. The normalized spacial score (nSPS) is 12.6. The van der Waals surface area contributed by atoms with Crippen LogP contribution >= 0.6 is 0 Å². The summed E-state index contributed by atoms with van der Waals surface area (Å²) in [5.74, 6) is 0.130. The minimum atomic E-state index is -3.37. The Hall–Kier alpha value is -1.82. The van der Waals surface area contributed by atoms with Crippen LogP contribution in [0.5, 0.6) is 0 Å². The molecule has 1 aromatic carbocycles. The predicted molar refractivity (Wildman–Crippen MR) is 83.7 cm³/mol. The number of anilines is 1. The maximum absolute atomic E-state index is 12.0. The third-order valence-electron chi connectivity index (χ3n) is 4.01. The Morgan fingerprint density at radius 1 is 1.19 bits per heavy atom. The SMILES string of the molecule is Cc1ccc(-c2c(C(C)(C)S(C)(=O)=O)noc2N)cc1C. The highest BCUT2D eigenvalue weighted by Gasteiger charge is 2.39. The van der Waals surface area contributed by atoms with Crippen molar-refractivity contribution in [2.24, 2.45) is 0 Å². The molecule has 0 saturated carbocycles. The van der Waals surface area contributed by atoms with E-state index in [2.05, 4.69) is 5.16 Å². The fraction of sp³-hybridized carbons (Fsp3) is 0.400. The van der Waals surface area contributed by atoms with Gasteiger partial charge in [0.2, 0.25) is 5.88 Å². The number of rotatable bonds is 3. The molecule has 0 saturated heterocycles. The molecule has 114 valence electrons. The first-order chi connectivity index (χ1) is 9.55. The summed E-state index contributed by atoms with van der Waals surface area (Å²) in [4.78, 5) is 0. The van der Waals surface area contributed by atoms with E-state index in [1.54, 1.807) is 13.8 Å². The van der Waals surface area contributed by atoms with Gasteiger partial charge < -0.3 is 10.3 Å². The van der Waals surface area contributed by atoms with Crippen LogP contribution in [0.4, 0.5) is 5.88 Å². The summed E-state index contributed by atoms with van der Waals surface area (Å²) >= 11 is 0. The Balaban J connectivity index is 2.72. The molecule has 6 heteroatoms. The van der Waals surface area contributed by atoms with Gasteiger partial charge in [-0.3, -0.25) is 0 Å².